The first-order valence-corrected chi connectivity index (χ1v) is 14.0. The Kier molecular flexibility index (Phi) is 6.96. The predicted octanol–water partition coefficient (Wildman–Crippen LogP) is 4.78. The third-order valence-corrected chi connectivity index (χ3v) is 11.8. The fraction of sp³-hybridized carbons (Fsp3) is 0.345. The average molecular weight is 475 g/mol. The molecule has 34 heavy (non-hydrogen) atoms. The zero-order valence-electron chi connectivity index (χ0n) is 20.5. The van der Waals surface area contributed by atoms with Crippen LogP contribution in [-0.4, -0.2) is 26.0 Å². The summed E-state index contributed by atoms with van der Waals surface area (Å²) in [7, 11) is -2.80. The van der Waals surface area contributed by atoms with Gasteiger partial charge in [0.15, 0.2) is 0 Å². The first-order valence-electron chi connectivity index (χ1n) is 12.1. The summed E-state index contributed by atoms with van der Waals surface area (Å²) in [6.07, 6.45) is 0.295. The monoisotopic (exact) mass is 474 g/mol. The number of aliphatic hydroxyl groups excluding tert-OH is 1. The maximum atomic E-state index is 12.4. The van der Waals surface area contributed by atoms with Gasteiger partial charge in [0.05, 0.1) is 18.6 Å². The highest BCUT2D eigenvalue weighted by Crippen LogP contribution is 2.43. The van der Waals surface area contributed by atoms with Gasteiger partial charge in [0.1, 0.15) is 5.75 Å². The highest BCUT2D eigenvalue weighted by Gasteiger charge is 2.52. The maximum absolute atomic E-state index is 12.4. The van der Waals surface area contributed by atoms with Crippen LogP contribution < -0.4 is 14.8 Å². The topological polar surface area (TPSA) is 55.8 Å². The zero-order valence-corrected chi connectivity index (χ0v) is 21.5. The van der Waals surface area contributed by atoms with E-state index in [2.05, 4.69) is 69.3 Å². The Morgan fingerprint density at radius 2 is 1.53 bits per heavy atom. The Balaban J connectivity index is 1.84. The van der Waals surface area contributed by atoms with E-state index < -0.39 is 20.3 Å². The number of hydrogen-bond acceptors (Lipinski definition) is 4. The number of aliphatic hydroxyl groups is 1. The highest BCUT2D eigenvalue weighted by molar-refractivity contribution is 7.00. The van der Waals surface area contributed by atoms with Crippen molar-refractivity contribution in [1.82, 2.24) is 0 Å². The molecule has 0 saturated heterocycles. The molecule has 0 saturated carbocycles. The van der Waals surface area contributed by atoms with Crippen LogP contribution in [0.25, 0.3) is 0 Å². The second-order valence-electron chi connectivity index (χ2n) is 9.93. The first-order chi connectivity index (χ1) is 16.3. The molecule has 2 atom stereocenters. The molecule has 178 valence electrons. The zero-order chi connectivity index (χ0) is 24.3. The molecule has 0 spiro atoms. The van der Waals surface area contributed by atoms with Crippen molar-refractivity contribution in [2.24, 2.45) is 5.92 Å². The van der Waals surface area contributed by atoms with E-state index in [9.17, 15) is 9.90 Å². The van der Waals surface area contributed by atoms with E-state index in [0.717, 1.165) is 16.9 Å². The molecule has 2 unspecified atom stereocenters. The van der Waals surface area contributed by atoms with Gasteiger partial charge in [-0.1, -0.05) is 93.6 Å². The van der Waals surface area contributed by atoms with Crippen LogP contribution in [0.4, 0.5) is 0 Å². The maximum Gasteiger partial charge on any atom is 0.319 e. The molecule has 1 N–H and O–H groups in total. The fourth-order valence-electron chi connectivity index (χ4n) is 5.21. The lowest BCUT2D eigenvalue weighted by atomic mass is 9.81. The van der Waals surface area contributed by atoms with Crippen LogP contribution in [-0.2, 0) is 16.0 Å². The van der Waals surface area contributed by atoms with Crippen molar-refractivity contribution in [3.63, 3.8) is 0 Å². The molecule has 1 aliphatic rings. The minimum Gasteiger partial charge on any atom is -0.534 e. The molecular formula is C29H34O4Si. The van der Waals surface area contributed by atoms with Gasteiger partial charge in [-0.05, 0) is 52.4 Å². The molecule has 1 aliphatic carbocycles. The van der Waals surface area contributed by atoms with Crippen LogP contribution in [0.3, 0.4) is 0 Å². The molecule has 0 amide bonds. The van der Waals surface area contributed by atoms with Crippen molar-refractivity contribution in [2.45, 2.75) is 51.7 Å². The number of esters is 1. The van der Waals surface area contributed by atoms with E-state index in [-0.39, 0.29) is 11.0 Å². The molecule has 0 aliphatic heterocycles. The molecule has 4 rings (SSSR count). The lowest BCUT2D eigenvalue weighted by Gasteiger charge is -2.44. The van der Waals surface area contributed by atoms with Gasteiger partial charge in [-0.3, -0.25) is 4.79 Å². The van der Waals surface area contributed by atoms with E-state index in [4.69, 9.17) is 9.16 Å². The lowest BCUT2D eigenvalue weighted by molar-refractivity contribution is -0.153. The standard InChI is InChI=1S/C29H34O4Si/c1-5-32-28(31)25-20-19-23-24(27(25)30)17-12-18-26(23)33-34(29(2,3)4,21-13-8-6-9-14-21)22-15-10-7-11-16-22/h6-18,25,27,30H,5,19-20H2,1-4H3. The molecule has 0 bridgehead atoms. The third-order valence-electron chi connectivity index (χ3n) is 6.84. The van der Waals surface area contributed by atoms with Crippen molar-refractivity contribution in [3.05, 3.63) is 90.0 Å². The summed E-state index contributed by atoms with van der Waals surface area (Å²) in [4.78, 5) is 12.4. The predicted molar refractivity (Wildman–Crippen MR) is 138 cm³/mol. The third kappa shape index (κ3) is 4.30. The number of fused-ring (bicyclic) bond motifs is 1. The largest absolute Gasteiger partial charge is 0.534 e. The van der Waals surface area contributed by atoms with E-state index in [1.807, 2.05) is 30.3 Å². The van der Waals surface area contributed by atoms with Crippen molar-refractivity contribution in [3.8, 4) is 5.75 Å². The molecule has 3 aromatic carbocycles. The minimum atomic E-state index is -2.80. The van der Waals surface area contributed by atoms with Crippen LogP contribution in [0.15, 0.2) is 78.9 Å². The van der Waals surface area contributed by atoms with Gasteiger partial charge in [-0.2, -0.15) is 0 Å². The number of carbonyl (C=O) groups excluding carboxylic acids is 1. The minimum absolute atomic E-state index is 0.167. The summed E-state index contributed by atoms with van der Waals surface area (Å²) in [5.74, 6) is -0.0809. The van der Waals surface area contributed by atoms with Gasteiger partial charge >= 0.3 is 14.3 Å². The van der Waals surface area contributed by atoms with Gasteiger partial charge in [-0.15, -0.1) is 0 Å². The number of carbonyl (C=O) groups is 1. The van der Waals surface area contributed by atoms with Gasteiger partial charge in [0.25, 0.3) is 0 Å². The second-order valence-corrected chi connectivity index (χ2v) is 14.2. The number of rotatable bonds is 6. The molecule has 4 nitrogen and oxygen atoms in total. The van der Waals surface area contributed by atoms with Crippen molar-refractivity contribution >= 4 is 24.7 Å². The van der Waals surface area contributed by atoms with E-state index in [1.54, 1.807) is 6.92 Å². The van der Waals surface area contributed by atoms with Gasteiger partial charge in [0.2, 0.25) is 0 Å². The molecule has 3 aromatic rings. The smallest absolute Gasteiger partial charge is 0.319 e. The normalized spacial score (nSPS) is 18.1. The Hall–Kier alpha value is -2.89. The molecule has 0 radical (unpaired) electrons. The summed E-state index contributed by atoms with van der Waals surface area (Å²) in [5.41, 5.74) is 1.75. The van der Waals surface area contributed by atoms with Crippen molar-refractivity contribution in [1.29, 1.82) is 0 Å². The molecular weight excluding hydrogens is 440 g/mol. The van der Waals surface area contributed by atoms with Crippen LogP contribution in [0.5, 0.6) is 5.75 Å². The SMILES string of the molecule is CCOC(=O)C1CCc2c(O[Si](c3ccccc3)(c3ccccc3)C(C)(C)C)cccc2C1O. The van der Waals surface area contributed by atoms with Gasteiger partial charge in [0, 0.05) is 0 Å². The number of benzene rings is 3. The summed E-state index contributed by atoms with van der Waals surface area (Å²) in [6, 6.07) is 26.9. The fourth-order valence-corrected chi connectivity index (χ4v) is 9.66. The second kappa shape index (κ2) is 9.77. The summed E-state index contributed by atoms with van der Waals surface area (Å²) in [5, 5.41) is 13.3. The Morgan fingerprint density at radius 1 is 0.941 bits per heavy atom. The van der Waals surface area contributed by atoms with Crippen LogP contribution in [0, 0.1) is 5.92 Å². The van der Waals surface area contributed by atoms with E-state index >= 15 is 0 Å². The van der Waals surface area contributed by atoms with Crippen molar-refractivity contribution in [2.75, 3.05) is 6.61 Å². The van der Waals surface area contributed by atoms with Gasteiger partial charge in [-0.25, -0.2) is 0 Å². The van der Waals surface area contributed by atoms with Crippen LogP contribution >= 0.6 is 0 Å². The molecule has 0 aromatic heterocycles. The van der Waals surface area contributed by atoms with Gasteiger partial charge < -0.3 is 14.3 Å². The quantitative estimate of drug-likeness (QED) is 0.412. The molecule has 0 heterocycles. The Labute approximate surface area is 203 Å². The Bertz CT molecular complexity index is 1080. The van der Waals surface area contributed by atoms with E-state index in [1.165, 1.54) is 10.4 Å². The van der Waals surface area contributed by atoms with Crippen LogP contribution in [0.2, 0.25) is 5.04 Å². The van der Waals surface area contributed by atoms with Crippen molar-refractivity contribution < 1.29 is 19.1 Å². The molecule has 5 heteroatoms. The Morgan fingerprint density at radius 3 is 2.06 bits per heavy atom. The first kappa shape index (κ1) is 24.2. The number of ether oxygens (including phenoxy) is 1. The average Bonchev–Trinajstić information content (AvgIpc) is 2.83. The summed E-state index contributed by atoms with van der Waals surface area (Å²) >= 11 is 0. The highest BCUT2D eigenvalue weighted by atomic mass is 28.4. The summed E-state index contributed by atoms with van der Waals surface area (Å²) in [6.45, 7) is 8.85. The lowest BCUT2D eigenvalue weighted by Crippen LogP contribution is -2.69. The number of hydrogen-bond donors (Lipinski definition) is 1. The summed E-state index contributed by atoms with van der Waals surface area (Å²) < 4.78 is 12.5. The molecule has 0 fully saturated rings. The van der Waals surface area contributed by atoms with Crippen LogP contribution in [0.1, 0.15) is 51.3 Å². The van der Waals surface area contributed by atoms with E-state index in [0.29, 0.717) is 19.4 Å².